The molecule has 1 atom stereocenters. The van der Waals surface area contributed by atoms with Crippen LogP contribution in [0.3, 0.4) is 0 Å². The first-order chi connectivity index (χ1) is 8.83. The van der Waals surface area contributed by atoms with E-state index in [1.165, 1.54) is 16.3 Å². The highest BCUT2D eigenvalue weighted by Crippen LogP contribution is 2.20. The van der Waals surface area contributed by atoms with Crippen molar-refractivity contribution in [3.8, 4) is 0 Å². The molecule has 0 amide bonds. The van der Waals surface area contributed by atoms with E-state index >= 15 is 0 Å². The fourth-order valence-electron chi connectivity index (χ4n) is 2.71. The monoisotopic (exact) mass is 241 g/mol. The lowest BCUT2D eigenvalue weighted by atomic mass is 10.0. The first-order valence-corrected chi connectivity index (χ1v) is 6.63. The van der Waals surface area contributed by atoms with Gasteiger partial charge in [0.2, 0.25) is 0 Å². The number of fused-ring (bicyclic) bond motifs is 1. The summed E-state index contributed by atoms with van der Waals surface area (Å²) in [6.45, 7) is 6.09. The number of hydrogen-bond acceptors (Lipinski definition) is 2. The zero-order chi connectivity index (χ0) is 12.4. The minimum absolute atomic E-state index is 0.355. The number of ether oxygens (including phenoxy) is 1. The highest BCUT2D eigenvalue weighted by Gasteiger charge is 2.17. The van der Waals surface area contributed by atoms with Crippen LogP contribution in [0.4, 0.5) is 0 Å². The second-order valence-corrected chi connectivity index (χ2v) is 5.05. The summed E-state index contributed by atoms with van der Waals surface area (Å²) in [6, 6.07) is 15.2. The number of nitrogens with zero attached hydrogens (tertiary/aromatic N) is 1. The summed E-state index contributed by atoms with van der Waals surface area (Å²) in [6.07, 6.45) is 0.355. The average molecular weight is 241 g/mol. The van der Waals surface area contributed by atoms with Gasteiger partial charge in [-0.25, -0.2) is 0 Å². The van der Waals surface area contributed by atoms with Gasteiger partial charge in [-0.15, -0.1) is 0 Å². The fourth-order valence-corrected chi connectivity index (χ4v) is 2.71. The second kappa shape index (κ2) is 5.09. The van der Waals surface area contributed by atoms with E-state index in [-0.39, 0.29) is 0 Å². The first-order valence-electron chi connectivity index (χ1n) is 6.63. The molecule has 2 heteroatoms. The number of hydrogen-bond donors (Lipinski definition) is 0. The van der Waals surface area contributed by atoms with Gasteiger partial charge in [-0.3, -0.25) is 4.90 Å². The van der Waals surface area contributed by atoms with E-state index in [1.807, 2.05) is 0 Å². The molecule has 0 saturated carbocycles. The van der Waals surface area contributed by atoms with Gasteiger partial charge in [0.15, 0.2) is 0 Å². The SMILES string of the molecule is CC1CN(Cc2cccc3ccccc23)CCO1. The molecular formula is C16H19NO. The Kier molecular flexibility index (Phi) is 3.31. The minimum Gasteiger partial charge on any atom is -0.376 e. The lowest BCUT2D eigenvalue weighted by Crippen LogP contribution is -2.40. The molecule has 3 rings (SSSR count). The molecule has 0 bridgehead atoms. The Morgan fingerprint density at radius 1 is 1.17 bits per heavy atom. The smallest absolute Gasteiger partial charge is 0.0674 e. The lowest BCUT2D eigenvalue weighted by molar-refractivity contribution is -0.0210. The molecule has 0 spiro atoms. The van der Waals surface area contributed by atoms with Crippen molar-refractivity contribution in [2.24, 2.45) is 0 Å². The number of rotatable bonds is 2. The van der Waals surface area contributed by atoms with E-state index in [1.54, 1.807) is 0 Å². The van der Waals surface area contributed by atoms with Crippen molar-refractivity contribution in [1.82, 2.24) is 4.90 Å². The summed E-state index contributed by atoms with van der Waals surface area (Å²) in [5.41, 5.74) is 1.42. The van der Waals surface area contributed by atoms with Gasteiger partial charge in [0.05, 0.1) is 12.7 Å². The summed E-state index contributed by atoms with van der Waals surface area (Å²) in [4.78, 5) is 2.48. The molecule has 1 aliphatic rings. The minimum atomic E-state index is 0.355. The molecule has 0 radical (unpaired) electrons. The van der Waals surface area contributed by atoms with E-state index in [9.17, 15) is 0 Å². The maximum absolute atomic E-state index is 5.59. The summed E-state index contributed by atoms with van der Waals surface area (Å²) in [5.74, 6) is 0. The van der Waals surface area contributed by atoms with Crippen LogP contribution in [0.15, 0.2) is 42.5 Å². The second-order valence-electron chi connectivity index (χ2n) is 5.05. The van der Waals surface area contributed by atoms with E-state index < -0.39 is 0 Å². The van der Waals surface area contributed by atoms with Crippen molar-refractivity contribution in [2.45, 2.75) is 19.6 Å². The molecule has 0 aromatic heterocycles. The van der Waals surface area contributed by atoms with Crippen LogP contribution >= 0.6 is 0 Å². The highest BCUT2D eigenvalue weighted by atomic mass is 16.5. The van der Waals surface area contributed by atoms with Gasteiger partial charge >= 0.3 is 0 Å². The van der Waals surface area contributed by atoms with Crippen LogP contribution in [-0.2, 0) is 11.3 Å². The number of morpholine rings is 1. The van der Waals surface area contributed by atoms with Gasteiger partial charge in [0.25, 0.3) is 0 Å². The first kappa shape index (κ1) is 11.7. The third-order valence-electron chi connectivity index (χ3n) is 3.60. The molecule has 2 aromatic rings. The Morgan fingerprint density at radius 2 is 2.00 bits per heavy atom. The maximum Gasteiger partial charge on any atom is 0.0674 e. The van der Waals surface area contributed by atoms with Gasteiger partial charge < -0.3 is 4.74 Å². The van der Waals surface area contributed by atoms with Crippen LogP contribution < -0.4 is 0 Å². The van der Waals surface area contributed by atoms with Gasteiger partial charge in [0, 0.05) is 19.6 Å². The van der Waals surface area contributed by atoms with E-state index in [0.29, 0.717) is 6.10 Å². The zero-order valence-corrected chi connectivity index (χ0v) is 10.8. The van der Waals surface area contributed by atoms with Gasteiger partial charge in [-0.1, -0.05) is 42.5 Å². The highest BCUT2D eigenvalue weighted by molar-refractivity contribution is 5.85. The van der Waals surface area contributed by atoms with Gasteiger partial charge in [-0.05, 0) is 23.3 Å². The Balaban J connectivity index is 1.86. The van der Waals surface area contributed by atoms with Crippen LogP contribution in [0.25, 0.3) is 10.8 Å². The lowest BCUT2D eigenvalue weighted by Gasteiger charge is -2.31. The van der Waals surface area contributed by atoms with Crippen molar-refractivity contribution < 1.29 is 4.74 Å². The normalized spacial score (nSPS) is 21.3. The summed E-state index contributed by atoms with van der Waals surface area (Å²) >= 11 is 0. The van der Waals surface area contributed by atoms with Crippen LogP contribution in [0.1, 0.15) is 12.5 Å². The molecule has 2 aromatic carbocycles. The van der Waals surface area contributed by atoms with Crippen LogP contribution in [0.5, 0.6) is 0 Å². The molecular weight excluding hydrogens is 222 g/mol. The Morgan fingerprint density at radius 3 is 2.89 bits per heavy atom. The molecule has 94 valence electrons. The molecule has 2 nitrogen and oxygen atoms in total. The van der Waals surface area contributed by atoms with Crippen molar-refractivity contribution in [1.29, 1.82) is 0 Å². The molecule has 0 N–H and O–H groups in total. The van der Waals surface area contributed by atoms with Crippen LogP contribution in [0.2, 0.25) is 0 Å². The molecule has 1 saturated heterocycles. The standard InChI is InChI=1S/C16H19NO/c1-13-11-17(9-10-18-13)12-15-7-4-6-14-5-2-3-8-16(14)15/h2-8,13H,9-12H2,1H3. The molecule has 1 aliphatic heterocycles. The number of benzene rings is 2. The summed E-state index contributed by atoms with van der Waals surface area (Å²) < 4.78 is 5.59. The van der Waals surface area contributed by atoms with Crippen LogP contribution in [0, 0.1) is 0 Å². The predicted molar refractivity (Wildman–Crippen MR) is 74.6 cm³/mol. The van der Waals surface area contributed by atoms with Crippen molar-refractivity contribution >= 4 is 10.8 Å². The maximum atomic E-state index is 5.59. The van der Waals surface area contributed by atoms with Crippen LogP contribution in [-0.4, -0.2) is 30.7 Å². The Bertz CT molecular complexity index is 532. The zero-order valence-electron chi connectivity index (χ0n) is 10.8. The quantitative estimate of drug-likeness (QED) is 0.801. The predicted octanol–water partition coefficient (Wildman–Crippen LogP) is 3.06. The third kappa shape index (κ3) is 2.40. The third-order valence-corrected chi connectivity index (χ3v) is 3.60. The van der Waals surface area contributed by atoms with Gasteiger partial charge in [0.1, 0.15) is 0 Å². The Hall–Kier alpha value is -1.38. The largest absolute Gasteiger partial charge is 0.376 e. The van der Waals surface area contributed by atoms with Gasteiger partial charge in [-0.2, -0.15) is 0 Å². The van der Waals surface area contributed by atoms with E-state index in [4.69, 9.17) is 4.74 Å². The van der Waals surface area contributed by atoms with Crippen molar-refractivity contribution in [2.75, 3.05) is 19.7 Å². The summed E-state index contributed by atoms with van der Waals surface area (Å²) in [7, 11) is 0. The van der Waals surface area contributed by atoms with E-state index in [2.05, 4.69) is 54.3 Å². The van der Waals surface area contributed by atoms with Crippen molar-refractivity contribution in [3.05, 3.63) is 48.0 Å². The molecule has 1 fully saturated rings. The van der Waals surface area contributed by atoms with E-state index in [0.717, 1.165) is 26.2 Å². The van der Waals surface area contributed by atoms with Crippen molar-refractivity contribution in [3.63, 3.8) is 0 Å². The summed E-state index contributed by atoms with van der Waals surface area (Å²) in [5, 5.41) is 2.70. The molecule has 18 heavy (non-hydrogen) atoms. The fraction of sp³-hybridized carbons (Fsp3) is 0.375. The Labute approximate surface area is 108 Å². The average Bonchev–Trinajstić information content (AvgIpc) is 2.39. The molecule has 0 aliphatic carbocycles. The topological polar surface area (TPSA) is 12.5 Å². The molecule has 1 unspecified atom stereocenters. The molecule has 1 heterocycles.